The molecule has 5 heteroatoms. The van der Waals surface area contributed by atoms with Crippen molar-refractivity contribution >= 4 is 17.8 Å². The maximum Gasteiger partial charge on any atom is 0.0967 e. The van der Waals surface area contributed by atoms with Crippen LogP contribution in [0.1, 0.15) is 11.6 Å². The molecule has 0 fully saturated rings. The highest BCUT2D eigenvalue weighted by atomic mass is 35.5. The summed E-state index contributed by atoms with van der Waals surface area (Å²) in [5.74, 6) is 0. The molecule has 100 valence electrons. The number of hydrogen-bond acceptors (Lipinski definition) is 2. The van der Waals surface area contributed by atoms with E-state index in [-0.39, 0.29) is 6.04 Å². The molecule has 0 radical (unpaired) electrons. The smallest absolute Gasteiger partial charge is 0.0967 e. The van der Waals surface area contributed by atoms with Crippen LogP contribution in [-0.2, 0) is 0 Å². The van der Waals surface area contributed by atoms with Gasteiger partial charge in [-0.25, -0.2) is 4.68 Å². The molecular weight excluding hydrogens is 272 g/mol. The van der Waals surface area contributed by atoms with Crippen LogP contribution in [-0.4, -0.2) is 19.6 Å². The SMILES string of the molecule is Clc1ccc(C(/C=C/n2cccn2)n2cccn2)cc1. The molecular formula is C15H13ClN4. The van der Waals surface area contributed by atoms with Crippen LogP contribution in [0, 0.1) is 0 Å². The Kier molecular flexibility index (Phi) is 3.65. The van der Waals surface area contributed by atoms with Crippen molar-refractivity contribution in [3.05, 3.63) is 77.8 Å². The molecule has 0 aliphatic rings. The van der Waals surface area contributed by atoms with Gasteiger partial charge in [-0.1, -0.05) is 23.7 Å². The van der Waals surface area contributed by atoms with E-state index in [1.165, 1.54) is 0 Å². The lowest BCUT2D eigenvalue weighted by Gasteiger charge is -2.14. The molecule has 0 aliphatic heterocycles. The third kappa shape index (κ3) is 2.81. The van der Waals surface area contributed by atoms with E-state index >= 15 is 0 Å². The Labute approximate surface area is 121 Å². The fourth-order valence-corrected chi connectivity index (χ4v) is 2.12. The van der Waals surface area contributed by atoms with Gasteiger partial charge < -0.3 is 0 Å². The first-order valence-electron chi connectivity index (χ1n) is 6.25. The number of allylic oxidation sites excluding steroid dienone is 1. The summed E-state index contributed by atoms with van der Waals surface area (Å²) in [5.41, 5.74) is 1.11. The van der Waals surface area contributed by atoms with E-state index in [9.17, 15) is 0 Å². The number of halogens is 1. The quantitative estimate of drug-likeness (QED) is 0.735. The second kappa shape index (κ2) is 5.75. The average molecular weight is 285 g/mol. The molecule has 2 aromatic heterocycles. The number of hydrogen-bond donors (Lipinski definition) is 0. The molecule has 4 nitrogen and oxygen atoms in total. The van der Waals surface area contributed by atoms with Gasteiger partial charge >= 0.3 is 0 Å². The molecule has 0 aliphatic carbocycles. The van der Waals surface area contributed by atoms with E-state index in [1.807, 2.05) is 65.7 Å². The predicted octanol–water partition coefficient (Wildman–Crippen LogP) is 3.49. The molecule has 1 atom stereocenters. The Balaban J connectivity index is 1.94. The van der Waals surface area contributed by atoms with Gasteiger partial charge in [-0.3, -0.25) is 4.68 Å². The summed E-state index contributed by atoms with van der Waals surface area (Å²) in [5, 5.41) is 9.20. The normalized spacial score (nSPS) is 12.8. The molecule has 0 bridgehead atoms. The first-order chi connectivity index (χ1) is 9.83. The lowest BCUT2D eigenvalue weighted by Crippen LogP contribution is -2.09. The zero-order valence-corrected chi connectivity index (χ0v) is 11.4. The monoisotopic (exact) mass is 284 g/mol. The van der Waals surface area contributed by atoms with E-state index in [2.05, 4.69) is 10.2 Å². The number of nitrogens with zero attached hydrogens (tertiary/aromatic N) is 4. The van der Waals surface area contributed by atoms with Gasteiger partial charge in [-0.2, -0.15) is 10.2 Å². The summed E-state index contributed by atoms with van der Waals surface area (Å²) in [6, 6.07) is 11.6. The number of benzene rings is 1. The van der Waals surface area contributed by atoms with Gasteiger partial charge in [0.2, 0.25) is 0 Å². The van der Waals surface area contributed by atoms with Crippen molar-refractivity contribution in [2.24, 2.45) is 0 Å². The van der Waals surface area contributed by atoms with Crippen molar-refractivity contribution in [1.82, 2.24) is 19.6 Å². The minimum absolute atomic E-state index is 0.00599. The van der Waals surface area contributed by atoms with Gasteiger partial charge in [-0.05, 0) is 35.9 Å². The fraction of sp³-hybridized carbons (Fsp3) is 0.0667. The van der Waals surface area contributed by atoms with Gasteiger partial charge in [0.1, 0.15) is 0 Å². The molecule has 0 N–H and O–H groups in total. The molecule has 3 rings (SSSR count). The Morgan fingerprint density at radius 3 is 2.40 bits per heavy atom. The Bertz CT molecular complexity index is 669. The summed E-state index contributed by atoms with van der Waals surface area (Å²) in [6.45, 7) is 0. The van der Waals surface area contributed by atoms with Crippen LogP contribution in [0.15, 0.2) is 67.3 Å². The lowest BCUT2D eigenvalue weighted by atomic mass is 10.1. The minimum atomic E-state index is 0.00599. The van der Waals surface area contributed by atoms with Crippen molar-refractivity contribution in [2.45, 2.75) is 6.04 Å². The predicted molar refractivity (Wildman–Crippen MR) is 79.4 cm³/mol. The Morgan fingerprint density at radius 1 is 1.00 bits per heavy atom. The van der Waals surface area contributed by atoms with E-state index < -0.39 is 0 Å². The highest BCUT2D eigenvalue weighted by molar-refractivity contribution is 6.30. The second-order valence-corrected chi connectivity index (χ2v) is 4.75. The Morgan fingerprint density at radius 2 is 1.75 bits per heavy atom. The average Bonchev–Trinajstić information content (AvgIpc) is 3.14. The molecule has 0 saturated heterocycles. The van der Waals surface area contributed by atoms with Crippen LogP contribution in [0.3, 0.4) is 0 Å². The third-order valence-electron chi connectivity index (χ3n) is 2.97. The van der Waals surface area contributed by atoms with Crippen molar-refractivity contribution in [2.75, 3.05) is 0 Å². The molecule has 1 aromatic carbocycles. The van der Waals surface area contributed by atoms with Crippen LogP contribution in [0.25, 0.3) is 6.20 Å². The maximum absolute atomic E-state index is 5.94. The zero-order valence-electron chi connectivity index (χ0n) is 10.7. The van der Waals surface area contributed by atoms with E-state index in [0.717, 1.165) is 10.6 Å². The van der Waals surface area contributed by atoms with Crippen LogP contribution >= 0.6 is 11.6 Å². The van der Waals surface area contributed by atoms with Gasteiger partial charge in [-0.15, -0.1) is 0 Å². The van der Waals surface area contributed by atoms with Crippen molar-refractivity contribution in [3.63, 3.8) is 0 Å². The Hall–Kier alpha value is -2.33. The highest BCUT2D eigenvalue weighted by Crippen LogP contribution is 2.21. The van der Waals surface area contributed by atoms with Crippen LogP contribution in [0.2, 0.25) is 5.02 Å². The molecule has 3 aromatic rings. The molecule has 1 unspecified atom stereocenters. The van der Waals surface area contributed by atoms with Crippen LogP contribution in [0.5, 0.6) is 0 Å². The third-order valence-corrected chi connectivity index (χ3v) is 3.22. The molecule has 20 heavy (non-hydrogen) atoms. The standard InChI is InChI=1S/C15H13ClN4/c16-14-5-3-13(4-6-14)15(20-11-2-9-18-20)7-12-19-10-1-8-17-19/h1-12,15H/b12-7+. The van der Waals surface area contributed by atoms with Gasteiger partial charge in [0.25, 0.3) is 0 Å². The molecule has 0 amide bonds. The molecule has 0 spiro atoms. The summed E-state index contributed by atoms with van der Waals surface area (Å²) < 4.78 is 3.65. The number of aromatic nitrogens is 4. The van der Waals surface area contributed by atoms with Gasteiger partial charge in [0.15, 0.2) is 0 Å². The maximum atomic E-state index is 5.94. The number of rotatable bonds is 4. The minimum Gasteiger partial charge on any atom is -0.261 e. The largest absolute Gasteiger partial charge is 0.261 e. The van der Waals surface area contributed by atoms with E-state index in [0.29, 0.717) is 0 Å². The summed E-state index contributed by atoms with van der Waals surface area (Å²) >= 11 is 5.94. The van der Waals surface area contributed by atoms with E-state index in [1.54, 1.807) is 17.1 Å². The highest BCUT2D eigenvalue weighted by Gasteiger charge is 2.10. The van der Waals surface area contributed by atoms with Crippen LogP contribution in [0.4, 0.5) is 0 Å². The zero-order chi connectivity index (χ0) is 13.8. The summed E-state index contributed by atoms with van der Waals surface area (Å²) in [6.07, 6.45) is 11.3. The van der Waals surface area contributed by atoms with Gasteiger partial charge in [0.05, 0.1) is 6.04 Å². The van der Waals surface area contributed by atoms with Crippen LogP contribution < -0.4 is 0 Å². The molecule has 0 saturated carbocycles. The topological polar surface area (TPSA) is 35.6 Å². The first-order valence-corrected chi connectivity index (χ1v) is 6.63. The first kappa shape index (κ1) is 12.7. The van der Waals surface area contributed by atoms with E-state index in [4.69, 9.17) is 11.6 Å². The molecule has 2 heterocycles. The summed E-state index contributed by atoms with van der Waals surface area (Å²) in [7, 11) is 0. The second-order valence-electron chi connectivity index (χ2n) is 4.31. The fourth-order valence-electron chi connectivity index (χ4n) is 2.00. The van der Waals surface area contributed by atoms with Crippen molar-refractivity contribution < 1.29 is 0 Å². The summed E-state index contributed by atoms with van der Waals surface area (Å²) in [4.78, 5) is 0. The van der Waals surface area contributed by atoms with Crippen molar-refractivity contribution in [3.8, 4) is 0 Å². The van der Waals surface area contributed by atoms with Gasteiger partial charge in [0, 0.05) is 36.0 Å². The van der Waals surface area contributed by atoms with Crippen molar-refractivity contribution in [1.29, 1.82) is 0 Å². The lowest BCUT2D eigenvalue weighted by molar-refractivity contribution is 0.611.